The van der Waals surface area contributed by atoms with Crippen LogP contribution in [0, 0.1) is 50.2 Å². The van der Waals surface area contributed by atoms with Gasteiger partial charge in [0.05, 0.1) is 90.1 Å². The number of carbonyl (C=O) groups is 3. The number of methoxy groups -OCH3 is 3. The molecule has 12 rings (SSSR count). The van der Waals surface area contributed by atoms with E-state index in [-0.39, 0.29) is 49.4 Å². The summed E-state index contributed by atoms with van der Waals surface area (Å²) in [5.41, 5.74) is -7.82. The number of benzene rings is 1. The van der Waals surface area contributed by atoms with Gasteiger partial charge in [0.2, 0.25) is 12.0 Å². The van der Waals surface area contributed by atoms with Gasteiger partial charge in [-0.25, -0.2) is 4.79 Å². The van der Waals surface area contributed by atoms with E-state index in [1.54, 1.807) is 12.1 Å². The first-order valence-corrected chi connectivity index (χ1v) is 38.6. The Bertz CT molecular complexity index is 3540. The number of aliphatic hydroxyl groups excluding tert-OH is 16. The molecule has 6 aliphatic heterocycles. The second-order valence-electron chi connectivity index (χ2n) is 34.1. The van der Waals surface area contributed by atoms with Gasteiger partial charge in [-0.1, -0.05) is 39.3 Å². The number of aliphatic carboxylic acids is 1. The maximum Gasteiger partial charge on any atom is 0.331 e. The monoisotopic (exact) mass is 1620 g/mol. The fraction of sp³-hybridized carbons (Fsp3) is 0.829. The lowest BCUT2D eigenvalue weighted by Crippen LogP contribution is -2.71. The Morgan fingerprint density at radius 2 is 1.13 bits per heavy atom. The number of esters is 2. The Morgan fingerprint density at radius 3 is 1.72 bits per heavy atom. The fourth-order valence-corrected chi connectivity index (χ4v) is 20.7. The Labute approximate surface area is 651 Å². The molecular formula is C76H114O37. The molecule has 0 bridgehead atoms. The molecule has 113 heavy (non-hydrogen) atoms. The second kappa shape index (κ2) is 33.5. The summed E-state index contributed by atoms with van der Waals surface area (Å²) in [6, 6.07) is 3.10. The zero-order chi connectivity index (χ0) is 82.5. The van der Waals surface area contributed by atoms with Crippen LogP contribution in [0.2, 0.25) is 0 Å². The molecule has 1 aromatic carbocycles. The average molecular weight is 1620 g/mol. The number of rotatable bonds is 23. The van der Waals surface area contributed by atoms with Crippen LogP contribution in [0.5, 0.6) is 17.2 Å². The molecule has 640 valence electrons. The number of hydrogen-bond donors (Lipinski definition) is 18. The summed E-state index contributed by atoms with van der Waals surface area (Å²) in [5, 5.41) is 201. The molecule has 0 amide bonds. The van der Waals surface area contributed by atoms with E-state index in [1.165, 1.54) is 48.2 Å². The van der Waals surface area contributed by atoms with Crippen molar-refractivity contribution < 1.29 is 182 Å². The fourth-order valence-electron chi connectivity index (χ4n) is 20.7. The second-order valence-corrected chi connectivity index (χ2v) is 34.1. The molecule has 5 aliphatic carbocycles. The zero-order valence-corrected chi connectivity index (χ0v) is 64.7. The maximum absolute atomic E-state index is 16.2. The smallest absolute Gasteiger partial charge is 0.331 e. The van der Waals surface area contributed by atoms with Crippen molar-refractivity contribution in [2.45, 2.75) is 284 Å². The number of aliphatic hydroxyl groups is 17. The van der Waals surface area contributed by atoms with Crippen molar-refractivity contribution in [3.8, 4) is 17.2 Å². The van der Waals surface area contributed by atoms with Gasteiger partial charge in [-0.3, -0.25) is 9.59 Å². The lowest BCUT2D eigenvalue weighted by molar-refractivity contribution is -0.388. The van der Waals surface area contributed by atoms with Crippen molar-refractivity contribution in [3.05, 3.63) is 35.4 Å². The van der Waals surface area contributed by atoms with Crippen LogP contribution >= 0.6 is 0 Å². The van der Waals surface area contributed by atoms with Crippen LogP contribution in [0.1, 0.15) is 112 Å². The van der Waals surface area contributed by atoms with Crippen molar-refractivity contribution in [3.63, 3.8) is 0 Å². The van der Waals surface area contributed by atoms with Gasteiger partial charge in [-0.2, -0.15) is 0 Å². The number of carboxylic acid groups (broad SMARTS) is 1. The largest absolute Gasteiger partial charge is 0.493 e. The van der Waals surface area contributed by atoms with E-state index >= 15 is 4.79 Å². The molecule has 18 N–H and O–H groups in total. The highest BCUT2D eigenvalue weighted by Crippen LogP contribution is 2.76. The number of ether oxygens (including phenoxy) is 16. The third-order valence-corrected chi connectivity index (χ3v) is 27.3. The van der Waals surface area contributed by atoms with Gasteiger partial charge in [0.1, 0.15) is 109 Å². The number of allylic oxidation sites excluding steroid dienone is 1. The summed E-state index contributed by atoms with van der Waals surface area (Å²) in [4.78, 5) is 44.3. The predicted octanol–water partition coefficient (Wildman–Crippen LogP) is -3.75. The minimum absolute atomic E-state index is 0.0273. The normalized spacial score (nSPS) is 48.4. The Kier molecular flexibility index (Phi) is 26.0. The van der Waals surface area contributed by atoms with E-state index in [0.29, 0.717) is 31.2 Å². The molecular weight excluding hydrogens is 1500 g/mol. The highest BCUT2D eigenvalue weighted by Gasteiger charge is 2.74. The zero-order valence-electron chi connectivity index (χ0n) is 64.7. The summed E-state index contributed by atoms with van der Waals surface area (Å²) in [6.07, 6.45) is -43.5. The lowest BCUT2D eigenvalue weighted by Gasteiger charge is -2.71. The summed E-state index contributed by atoms with van der Waals surface area (Å²) >= 11 is 0. The molecule has 37 atom stereocenters. The molecule has 0 radical (unpaired) electrons. The molecule has 0 spiro atoms. The Morgan fingerprint density at radius 1 is 0.558 bits per heavy atom. The topological polar surface area (TPSA) is 563 Å². The third kappa shape index (κ3) is 15.3. The molecule has 37 nitrogen and oxygen atoms in total. The minimum atomic E-state index is -2.32. The predicted molar refractivity (Wildman–Crippen MR) is 377 cm³/mol. The van der Waals surface area contributed by atoms with E-state index in [9.17, 15) is 102 Å². The Balaban J connectivity index is 0.848. The van der Waals surface area contributed by atoms with E-state index in [2.05, 4.69) is 20.8 Å². The van der Waals surface area contributed by atoms with E-state index in [0.717, 1.165) is 11.6 Å². The first-order valence-electron chi connectivity index (χ1n) is 38.6. The van der Waals surface area contributed by atoms with E-state index in [4.69, 9.17) is 75.8 Å². The standard InChI is InChI=1S/C76H114O37/c1-31-55(108-44(82)14-11-33-21-37(98-8)57(100-10)38(22-33)99-9)53(91)59(111-65-54(92)58(110-67-60(93)76(97,29-80)30-102-67)56(32(2)103-65)109-62-50(88)47(85)41(27-101-62)107-63-51(89)48(86)45(83)39(25-77)105-63)66(104-31)113-69(96)74-18-17-70(3,4)23-35(74)34-12-13-42-71(5)24-36(81)61(112-64-52(90)49(87)46(84)40(26-78)106-64)73(7,68(94)95)43(71)15-16-72(42,6)75(34,28-79)20-19-74/h11-12,14,21-22,31-32,35-36,39-43,45-56,58-67,77-81,83-93,97H,13,15-20,23-30H2,1-10H3,(H,94,95)/t31-,32+,35+,36+,39-,40-,41-,42-,43-,45+,46-,47+,48+,49+,50-,51-,52-,53+,54-,55+,56+,58+,59-,60+,61+,62+,63+,64+,65+,66+,67-,71-,72-,73+,74+,75+,76-/m1/s1. The SMILES string of the molecule is COc1cc(C=CC(=O)O[C@@H]2[C@H](O)[C@@H](O[C@@H]3O[C@@H](C)[C@H](O[C@@H]4OC[C@@H](O[C@@H]5O[C@H](CO)[C@H](O)[C@H](O)[C@H]5O)[C@H](O)[C@H]4O)[C@@H](O[C@H]4OC[C@](O)(CO)[C@H]4O)[C@H]3O)[C@H](OC(=O)[C@]34CCC(C)(C)C[C@H]3C3=CC[C@@H]5[C@@]6(C)C[C@H](O)[C@H](O[C@@H]7O[C@H](CO)[C@@H](O)[C@H](O)[C@H]7O)[C@@](C)(C(=O)O)[C@@H]6CC[C@@]5(C)[C@]3(CO)CC4)O[C@@H]2C)cc(OC)c1OC. The van der Waals surface area contributed by atoms with Gasteiger partial charge < -0.3 is 168 Å². The van der Waals surface area contributed by atoms with Crippen molar-refractivity contribution in [2.75, 3.05) is 61.0 Å². The molecule has 6 heterocycles. The van der Waals surface area contributed by atoms with Gasteiger partial charge >= 0.3 is 17.9 Å². The molecule has 0 aromatic heterocycles. The summed E-state index contributed by atoms with van der Waals surface area (Å²) < 4.78 is 95.6. The highest BCUT2D eigenvalue weighted by molar-refractivity contribution is 5.87. The average Bonchev–Trinajstić information content (AvgIpc) is 0.898. The van der Waals surface area contributed by atoms with Crippen LogP contribution in [-0.4, -0.2) is 348 Å². The summed E-state index contributed by atoms with van der Waals surface area (Å²) in [7, 11) is 4.21. The van der Waals surface area contributed by atoms with E-state index in [1.807, 2.05) is 13.0 Å². The van der Waals surface area contributed by atoms with Crippen LogP contribution in [0.3, 0.4) is 0 Å². The van der Waals surface area contributed by atoms with Crippen molar-refractivity contribution in [1.29, 1.82) is 0 Å². The number of hydrogen-bond acceptors (Lipinski definition) is 36. The maximum atomic E-state index is 16.2. The number of carboxylic acids is 1. The molecule has 0 unspecified atom stereocenters. The Hall–Kier alpha value is -4.61. The molecule has 11 aliphatic rings. The van der Waals surface area contributed by atoms with Crippen LogP contribution in [0.15, 0.2) is 29.9 Å². The third-order valence-electron chi connectivity index (χ3n) is 27.3. The van der Waals surface area contributed by atoms with Gasteiger partial charge in [-0.15, -0.1) is 0 Å². The highest BCUT2D eigenvalue weighted by atomic mass is 16.8. The van der Waals surface area contributed by atoms with Crippen LogP contribution in [0.25, 0.3) is 6.08 Å². The molecule has 37 heteroatoms. The van der Waals surface area contributed by atoms with Crippen LogP contribution in [0.4, 0.5) is 0 Å². The molecule has 4 saturated carbocycles. The van der Waals surface area contributed by atoms with E-state index < -0.39 is 285 Å². The minimum Gasteiger partial charge on any atom is -0.493 e. The lowest BCUT2D eigenvalue weighted by atomic mass is 9.33. The number of carbonyl (C=O) groups excluding carboxylic acids is 2. The van der Waals surface area contributed by atoms with Gasteiger partial charge in [0.15, 0.2) is 55.2 Å². The molecule has 1 aromatic rings. The van der Waals surface area contributed by atoms with Crippen molar-refractivity contribution >= 4 is 24.0 Å². The summed E-state index contributed by atoms with van der Waals surface area (Å²) in [6.45, 7) is 8.02. The van der Waals surface area contributed by atoms with Gasteiger partial charge in [-0.05, 0) is 136 Å². The van der Waals surface area contributed by atoms with Crippen LogP contribution in [-0.2, 0) is 76.0 Å². The quantitative estimate of drug-likeness (QED) is 0.0217. The van der Waals surface area contributed by atoms with Crippen LogP contribution < -0.4 is 14.2 Å². The first-order chi connectivity index (χ1) is 53.3. The van der Waals surface area contributed by atoms with Crippen molar-refractivity contribution in [1.82, 2.24) is 0 Å². The van der Waals surface area contributed by atoms with Crippen molar-refractivity contribution in [2.24, 2.45) is 50.2 Å². The molecule has 10 fully saturated rings. The number of fused-ring (bicyclic) bond motifs is 7. The molecule has 6 saturated heterocycles. The van der Waals surface area contributed by atoms with Gasteiger partial charge in [0, 0.05) is 11.5 Å². The first kappa shape index (κ1) is 87.7. The van der Waals surface area contributed by atoms with Gasteiger partial charge in [0.25, 0.3) is 0 Å². The summed E-state index contributed by atoms with van der Waals surface area (Å²) in [5.74, 6) is -4.24.